The standard InChI is InChI=1S/C13H18BrClN2/c1-9-3-2-6-13(9,8-16)17-10-4-5-12(15)11(14)7-10/h4-5,7,9,17H,2-3,6,8,16H2,1H3. The minimum Gasteiger partial charge on any atom is -0.378 e. The Labute approximate surface area is 116 Å². The molecule has 1 fully saturated rings. The van der Waals surface area contributed by atoms with E-state index in [0.717, 1.165) is 21.6 Å². The number of hydrogen-bond donors (Lipinski definition) is 2. The number of halogens is 2. The zero-order chi connectivity index (χ0) is 12.5. The van der Waals surface area contributed by atoms with Gasteiger partial charge in [0.05, 0.1) is 10.6 Å². The molecule has 0 bridgehead atoms. The summed E-state index contributed by atoms with van der Waals surface area (Å²) in [5, 5.41) is 4.34. The van der Waals surface area contributed by atoms with E-state index in [-0.39, 0.29) is 5.54 Å². The predicted molar refractivity (Wildman–Crippen MR) is 77.6 cm³/mol. The van der Waals surface area contributed by atoms with Crippen LogP contribution in [0, 0.1) is 5.92 Å². The molecular formula is C13H18BrClN2. The molecule has 17 heavy (non-hydrogen) atoms. The van der Waals surface area contributed by atoms with Crippen molar-refractivity contribution in [1.82, 2.24) is 0 Å². The lowest BCUT2D eigenvalue weighted by Crippen LogP contribution is -2.47. The minimum atomic E-state index is 0.0489. The van der Waals surface area contributed by atoms with Gasteiger partial charge >= 0.3 is 0 Å². The largest absolute Gasteiger partial charge is 0.378 e. The molecule has 1 aromatic carbocycles. The van der Waals surface area contributed by atoms with Gasteiger partial charge < -0.3 is 11.1 Å². The number of rotatable bonds is 3. The molecule has 2 rings (SSSR count). The number of nitrogens with two attached hydrogens (primary N) is 1. The molecule has 2 unspecified atom stereocenters. The van der Waals surface area contributed by atoms with E-state index in [2.05, 4.69) is 28.2 Å². The van der Waals surface area contributed by atoms with Crippen LogP contribution < -0.4 is 11.1 Å². The molecule has 1 aliphatic carbocycles. The van der Waals surface area contributed by atoms with Crippen molar-refractivity contribution in [2.45, 2.75) is 31.7 Å². The monoisotopic (exact) mass is 316 g/mol. The lowest BCUT2D eigenvalue weighted by atomic mass is 9.88. The number of hydrogen-bond acceptors (Lipinski definition) is 2. The van der Waals surface area contributed by atoms with E-state index >= 15 is 0 Å². The van der Waals surface area contributed by atoms with Crippen LogP contribution in [0.3, 0.4) is 0 Å². The molecule has 94 valence electrons. The molecule has 0 heterocycles. The van der Waals surface area contributed by atoms with Gasteiger partial charge in [-0.1, -0.05) is 24.9 Å². The van der Waals surface area contributed by atoms with Crippen molar-refractivity contribution in [3.05, 3.63) is 27.7 Å². The summed E-state index contributed by atoms with van der Waals surface area (Å²) in [4.78, 5) is 0. The Morgan fingerprint density at radius 2 is 2.35 bits per heavy atom. The van der Waals surface area contributed by atoms with E-state index in [1.165, 1.54) is 12.8 Å². The Morgan fingerprint density at radius 1 is 1.59 bits per heavy atom. The average molecular weight is 318 g/mol. The second-order valence-corrected chi connectivity index (χ2v) is 6.17. The maximum atomic E-state index is 6.00. The lowest BCUT2D eigenvalue weighted by molar-refractivity contribution is 0.382. The zero-order valence-corrected chi connectivity index (χ0v) is 12.3. The minimum absolute atomic E-state index is 0.0489. The normalized spacial score (nSPS) is 28.4. The summed E-state index contributed by atoms with van der Waals surface area (Å²) < 4.78 is 0.919. The van der Waals surface area contributed by atoms with Crippen LogP contribution in [-0.2, 0) is 0 Å². The summed E-state index contributed by atoms with van der Waals surface area (Å²) in [6.45, 7) is 2.95. The lowest BCUT2D eigenvalue weighted by Gasteiger charge is -2.35. The van der Waals surface area contributed by atoms with E-state index in [9.17, 15) is 0 Å². The zero-order valence-electron chi connectivity index (χ0n) is 9.97. The Morgan fingerprint density at radius 3 is 2.88 bits per heavy atom. The predicted octanol–water partition coefficient (Wildman–Crippen LogP) is 4.03. The third-order valence-electron chi connectivity index (χ3n) is 3.88. The molecule has 4 heteroatoms. The highest BCUT2D eigenvalue weighted by molar-refractivity contribution is 9.10. The van der Waals surface area contributed by atoms with Crippen LogP contribution in [0.4, 0.5) is 5.69 Å². The third-order valence-corrected chi connectivity index (χ3v) is 5.09. The van der Waals surface area contributed by atoms with Crippen LogP contribution >= 0.6 is 27.5 Å². The molecule has 0 aliphatic heterocycles. The van der Waals surface area contributed by atoms with Gasteiger partial charge in [-0.25, -0.2) is 0 Å². The first-order chi connectivity index (χ1) is 8.07. The quantitative estimate of drug-likeness (QED) is 0.883. The number of benzene rings is 1. The third kappa shape index (κ3) is 2.61. The average Bonchev–Trinajstić information content (AvgIpc) is 2.66. The van der Waals surface area contributed by atoms with Crippen LogP contribution in [0.2, 0.25) is 5.02 Å². The molecule has 0 saturated heterocycles. The maximum absolute atomic E-state index is 6.00. The molecule has 0 amide bonds. The molecule has 1 aliphatic rings. The first kappa shape index (κ1) is 13.2. The van der Waals surface area contributed by atoms with E-state index in [0.29, 0.717) is 12.5 Å². The Balaban J connectivity index is 2.21. The molecule has 1 saturated carbocycles. The van der Waals surface area contributed by atoms with Gasteiger partial charge in [-0.3, -0.25) is 0 Å². The number of anilines is 1. The molecule has 0 radical (unpaired) electrons. The van der Waals surface area contributed by atoms with Gasteiger partial charge in [0.2, 0.25) is 0 Å². The maximum Gasteiger partial charge on any atom is 0.0549 e. The Hall–Kier alpha value is -0.250. The SMILES string of the molecule is CC1CCCC1(CN)Nc1ccc(Cl)c(Br)c1. The second-order valence-electron chi connectivity index (χ2n) is 4.91. The summed E-state index contributed by atoms with van der Waals surface area (Å²) in [7, 11) is 0. The van der Waals surface area contributed by atoms with Crippen LogP contribution in [0.1, 0.15) is 26.2 Å². The first-order valence-electron chi connectivity index (χ1n) is 6.01. The first-order valence-corrected chi connectivity index (χ1v) is 7.18. The van der Waals surface area contributed by atoms with Crippen molar-refractivity contribution in [2.24, 2.45) is 11.7 Å². The van der Waals surface area contributed by atoms with Gasteiger partial charge in [-0.2, -0.15) is 0 Å². The molecular weight excluding hydrogens is 300 g/mol. The van der Waals surface area contributed by atoms with Crippen molar-refractivity contribution in [1.29, 1.82) is 0 Å². The molecule has 1 aromatic rings. The summed E-state index contributed by atoms with van der Waals surface area (Å²) in [5.74, 6) is 0.613. The fourth-order valence-corrected chi connectivity index (χ4v) is 3.14. The van der Waals surface area contributed by atoms with Crippen molar-refractivity contribution in [3.63, 3.8) is 0 Å². The second kappa shape index (κ2) is 5.17. The van der Waals surface area contributed by atoms with E-state index in [4.69, 9.17) is 17.3 Å². The van der Waals surface area contributed by atoms with Crippen LogP contribution in [-0.4, -0.2) is 12.1 Å². The summed E-state index contributed by atoms with van der Waals surface area (Å²) in [6.07, 6.45) is 3.64. The molecule has 2 atom stereocenters. The van der Waals surface area contributed by atoms with Gasteiger partial charge in [-0.15, -0.1) is 0 Å². The van der Waals surface area contributed by atoms with Gasteiger partial charge in [0.1, 0.15) is 0 Å². The molecule has 0 aromatic heterocycles. The van der Waals surface area contributed by atoms with Crippen molar-refractivity contribution in [2.75, 3.05) is 11.9 Å². The van der Waals surface area contributed by atoms with Crippen LogP contribution in [0.25, 0.3) is 0 Å². The van der Waals surface area contributed by atoms with Gasteiger partial charge in [0.15, 0.2) is 0 Å². The Bertz CT molecular complexity index is 410. The Kier molecular flexibility index (Phi) is 4.01. The topological polar surface area (TPSA) is 38.0 Å². The summed E-state index contributed by atoms with van der Waals surface area (Å²) in [5.41, 5.74) is 7.11. The van der Waals surface area contributed by atoms with Crippen molar-refractivity contribution < 1.29 is 0 Å². The highest BCUT2D eigenvalue weighted by atomic mass is 79.9. The fraction of sp³-hybridized carbons (Fsp3) is 0.538. The van der Waals surface area contributed by atoms with E-state index in [1.807, 2.05) is 18.2 Å². The van der Waals surface area contributed by atoms with Gasteiger partial charge in [-0.05, 0) is 52.9 Å². The van der Waals surface area contributed by atoms with Gasteiger partial charge in [0, 0.05) is 16.7 Å². The highest BCUT2D eigenvalue weighted by Gasteiger charge is 2.38. The van der Waals surface area contributed by atoms with Gasteiger partial charge in [0.25, 0.3) is 0 Å². The smallest absolute Gasteiger partial charge is 0.0549 e. The number of nitrogens with one attached hydrogen (secondary N) is 1. The van der Waals surface area contributed by atoms with E-state index < -0.39 is 0 Å². The summed E-state index contributed by atoms with van der Waals surface area (Å²) in [6, 6.07) is 5.93. The summed E-state index contributed by atoms with van der Waals surface area (Å²) >= 11 is 9.44. The van der Waals surface area contributed by atoms with Crippen LogP contribution in [0.5, 0.6) is 0 Å². The highest BCUT2D eigenvalue weighted by Crippen LogP contribution is 2.38. The van der Waals surface area contributed by atoms with E-state index in [1.54, 1.807) is 0 Å². The molecule has 2 nitrogen and oxygen atoms in total. The van der Waals surface area contributed by atoms with Crippen LogP contribution in [0.15, 0.2) is 22.7 Å². The van der Waals surface area contributed by atoms with Crippen molar-refractivity contribution in [3.8, 4) is 0 Å². The fourth-order valence-electron chi connectivity index (χ4n) is 2.65. The van der Waals surface area contributed by atoms with Crippen molar-refractivity contribution >= 4 is 33.2 Å². The molecule has 0 spiro atoms. The molecule has 3 N–H and O–H groups in total.